The smallest absolute Gasteiger partial charge is 0.334 e. The minimum Gasteiger partial charge on any atom is -0.479 e. The highest BCUT2D eigenvalue weighted by molar-refractivity contribution is 5.86. The minimum absolute atomic E-state index is 0.178. The minimum atomic E-state index is -1.17. The number of carboxylic acid groups (broad SMARTS) is 1. The Hall–Kier alpha value is -1.83. The Kier molecular flexibility index (Phi) is 7.50. The molecule has 0 aliphatic rings. The monoisotopic (exact) mass is 275 g/mol. The van der Waals surface area contributed by atoms with E-state index in [4.69, 9.17) is 5.11 Å². The summed E-state index contributed by atoms with van der Waals surface area (Å²) in [6, 6.07) is -1.30. The standard InChI is InChI=1S/C11H21N3O5/c1-5-14(3)9(15)7(2)13-11(18)12-6-8(19-4)10(16)17/h7-8H,5-6H2,1-4H3,(H,16,17)(H2,12,13,18). The van der Waals surface area contributed by atoms with E-state index in [1.807, 2.05) is 6.92 Å². The average molecular weight is 275 g/mol. The topological polar surface area (TPSA) is 108 Å². The molecule has 0 aromatic heterocycles. The number of urea groups is 1. The fourth-order valence-corrected chi connectivity index (χ4v) is 1.25. The van der Waals surface area contributed by atoms with E-state index in [1.54, 1.807) is 14.0 Å². The quantitative estimate of drug-likeness (QED) is 0.566. The molecule has 19 heavy (non-hydrogen) atoms. The maximum Gasteiger partial charge on any atom is 0.334 e. The van der Waals surface area contributed by atoms with Crippen molar-refractivity contribution in [3.63, 3.8) is 0 Å². The number of hydrogen-bond donors (Lipinski definition) is 3. The van der Waals surface area contributed by atoms with E-state index in [9.17, 15) is 14.4 Å². The van der Waals surface area contributed by atoms with Crippen LogP contribution in [0.1, 0.15) is 13.8 Å². The molecule has 2 unspecified atom stereocenters. The van der Waals surface area contributed by atoms with E-state index in [-0.39, 0.29) is 12.5 Å². The predicted molar refractivity (Wildman–Crippen MR) is 67.7 cm³/mol. The molecule has 0 aliphatic carbocycles. The lowest BCUT2D eigenvalue weighted by atomic mass is 10.3. The second-order valence-electron chi connectivity index (χ2n) is 3.99. The van der Waals surface area contributed by atoms with Crippen LogP contribution in [0.3, 0.4) is 0 Å². The van der Waals surface area contributed by atoms with Crippen LogP contribution in [0.25, 0.3) is 0 Å². The molecule has 3 N–H and O–H groups in total. The van der Waals surface area contributed by atoms with Crippen LogP contribution in [0, 0.1) is 0 Å². The van der Waals surface area contributed by atoms with Gasteiger partial charge in [-0.05, 0) is 13.8 Å². The van der Waals surface area contributed by atoms with E-state index < -0.39 is 24.1 Å². The van der Waals surface area contributed by atoms with Crippen molar-refractivity contribution in [3.05, 3.63) is 0 Å². The Labute approximate surface area is 112 Å². The number of nitrogens with zero attached hydrogens (tertiary/aromatic N) is 1. The summed E-state index contributed by atoms with van der Waals surface area (Å²) in [5.41, 5.74) is 0. The number of nitrogens with one attached hydrogen (secondary N) is 2. The molecule has 8 heteroatoms. The van der Waals surface area contributed by atoms with Crippen molar-refractivity contribution in [1.29, 1.82) is 0 Å². The summed E-state index contributed by atoms with van der Waals surface area (Å²) in [5.74, 6) is -1.39. The first-order valence-corrected chi connectivity index (χ1v) is 5.88. The summed E-state index contributed by atoms with van der Waals surface area (Å²) >= 11 is 0. The SMILES string of the molecule is CCN(C)C(=O)C(C)NC(=O)NCC(OC)C(=O)O. The number of amides is 3. The normalized spacial score (nSPS) is 13.3. The van der Waals surface area contributed by atoms with Crippen molar-refractivity contribution >= 4 is 17.9 Å². The average Bonchev–Trinajstić information content (AvgIpc) is 2.36. The zero-order chi connectivity index (χ0) is 15.0. The van der Waals surface area contributed by atoms with E-state index in [0.29, 0.717) is 6.54 Å². The summed E-state index contributed by atoms with van der Waals surface area (Å²) in [5, 5.41) is 13.5. The van der Waals surface area contributed by atoms with Crippen molar-refractivity contribution in [3.8, 4) is 0 Å². The maximum atomic E-state index is 11.7. The van der Waals surface area contributed by atoms with Crippen molar-refractivity contribution < 1.29 is 24.2 Å². The zero-order valence-corrected chi connectivity index (χ0v) is 11.6. The molecule has 0 fully saturated rings. The van der Waals surface area contributed by atoms with Gasteiger partial charge in [-0.25, -0.2) is 9.59 Å². The van der Waals surface area contributed by atoms with Crippen molar-refractivity contribution in [2.75, 3.05) is 27.2 Å². The van der Waals surface area contributed by atoms with Crippen molar-refractivity contribution in [1.82, 2.24) is 15.5 Å². The molecular formula is C11H21N3O5. The maximum absolute atomic E-state index is 11.7. The van der Waals surface area contributed by atoms with Crippen LogP contribution < -0.4 is 10.6 Å². The summed E-state index contributed by atoms with van der Waals surface area (Å²) < 4.78 is 4.65. The molecule has 0 radical (unpaired) electrons. The van der Waals surface area contributed by atoms with Gasteiger partial charge in [0.05, 0.1) is 6.54 Å². The molecule has 0 heterocycles. The summed E-state index contributed by atoms with van der Waals surface area (Å²) in [6.07, 6.45) is -1.12. The van der Waals surface area contributed by atoms with Gasteiger partial charge in [0.25, 0.3) is 0 Å². The van der Waals surface area contributed by atoms with Crippen molar-refractivity contribution in [2.24, 2.45) is 0 Å². The van der Waals surface area contributed by atoms with Gasteiger partial charge >= 0.3 is 12.0 Å². The third-order valence-electron chi connectivity index (χ3n) is 2.58. The fraction of sp³-hybridized carbons (Fsp3) is 0.727. The number of carboxylic acids is 1. The lowest BCUT2D eigenvalue weighted by Crippen LogP contribution is -2.50. The Morgan fingerprint density at radius 1 is 1.37 bits per heavy atom. The molecule has 0 rings (SSSR count). The Bertz CT molecular complexity index is 334. The van der Waals surface area contributed by atoms with Crippen LogP contribution >= 0.6 is 0 Å². The molecule has 0 aliphatic heterocycles. The number of rotatable bonds is 7. The number of aliphatic carboxylic acids is 1. The third-order valence-corrected chi connectivity index (χ3v) is 2.58. The molecule has 0 aromatic carbocycles. The number of carbonyl (C=O) groups is 3. The first-order valence-electron chi connectivity index (χ1n) is 5.88. The van der Waals surface area contributed by atoms with Gasteiger partial charge in [0.1, 0.15) is 6.04 Å². The Morgan fingerprint density at radius 3 is 2.37 bits per heavy atom. The summed E-state index contributed by atoms with van der Waals surface area (Å²) in [6.45, 7) is 3.74. The number of ether oxygens (including phenoxy) is 1. The Balaban J connectivity index is 4.17. The molecule has 3 amide bonds. The largest absolute Gasteiger partial charge is 0.479 e. The molecule has 0 saturated carbocycles. The highest BCUT2D eigenvalue weighted by Gasteiger charge is 2.20. The van der Waals surface area contributed by atoms with Crippen LogP contribution in [-0.2, 0) is 14.3 Å². The van der Waals surface area contributed by atoms with Gasteiger partial charge in [-0.2, -0.15) is 0 Å². The van der Waals surface area contributed by atoms with Gasteiger partial charge in [-0.15, -0.1) is 0 Å². The number of methoxy groups -OCH3 is 1. The molecule has 0 aromatic rings. The van der Waals surface area contributed by atoms with E-state index >= 15 is 0 Å². The molecule has 8 nitrogen and oxygen atoms in total. The first-order chi connectivity index (χ1) is 8.83. The summed E-state index contributed by atoms with van der Waals surface area (Å²) in [7, 11) is 2.87. The summed E-state index contributed by atoms with van der Waals surface area (Å²) in [4.78, 5) is 35.3. The number of carbonyl (C=O) groups excluding carboxylic acids is 2. The van der Waals surface area contributed by atoms with Crippen LogP contribution in [0.4, 0.5) is 4.79 Å². The molecule has 0 spiro atoms. The second-order valence-corrected chi connectivity index (χ2v) is 3.99. The zero-order valence-electron chi connectivity index (χ0n) is 11.6. The second kappa shape index (κ2) is 8.30. The lowest BCUT2D eigenvalue weighted by Gasteiger charge is -2.21. The molecular weight excluding hydrogens is 254 g/mol. The molecule has 2 atom stereocenters. The predicted octanol–water partition coefficient (Wildman–Crippen LogP) is -0.748. The highest BCUT2D eigenvalue weighted by Crippen LogP contribution is 1.92. The molecule has 0 bridgehead atoms. The van der Waals surface area contributed by atoms with E-state index in [2.05, 4.69) is 15.4 Å². The van der Waals surface area contributed by atoms with Gasteiger partial charge < -0.3 is 25.4 Å². The highest BCUT2D eigenvalue weighted by atomic mass is 16.5. The van der Waals surface area contributed by atoms with Crippen LogP contribution in [0.5, 0.6) is 0 Å². The lowest BCUT2D eigenvalue weighted by molar-refractivity contribution is -0.148. The van der Waals surface area contributed by atoms with Gasteiger partial charge in [0.2, 0.25) is 5.91 Å². The van der Waals surface area contributed by atoms with Gasteiger partial charge in [0.15, 0.2) is 6.10 Å². The van der Waals surface area contributed by atoms with Crippen molar-refractivity contribution in [2.45, 2.75) is 26.0 Å². The van der Waals surface area contributed by atoms with E-state index in [1.165, 1.54) is 12.0 Å². The van der Waals surface area contributed by atoms with E-state index in [0.717, 1.165) is 0 Å². The Morgan fingerprint density at radius 2 is 1.95 bits per heavy atom. The molecule has 110 valence electrons. The van der Waals surface area contributed by atoms with Crippen LogP contribution in [0.2, 0.25) is 0 Å². The van der Waals surface area contributed by atoms with Crippen LogP contribution in [0.15, 0.2) is 0 Å². The van der Waals surface area contributed by atoms with Crippen LogP contribution in [-0.4, -0.2) is 67.3 Å². The van der Waals surface area contributed by atoms with Gasteiger partial charge in [0, 0.05) is 20.7 Å². The van der Waals surface area contributed by atoms with Gasteiger partial charge in [-0.3, -0.25) is 4.79 Å². The third kappa shape index (κ3) is 6.05. The number of likely N-dealkylation sites (N-methyl/N-ethyl adjacent to an activating group) is 1. The first kappa shape index (κ1) is 17.2. The molecule has 0 saturated heterocycles. The fourth-order valence-electron chi connectivity index (χ4n) is 1.25. The number of hydrogen-bond acceptors (Lipinski definition) is 4. The van der Waals surface area contributed by atoms with Gasteiger partial charge in [-0.1, -0.05) is 0 Å².